The summed E-state index contributed by atoms with van der Waals surface area (Å²) in [5.41, 5.74) is 1.35. The molecule has 0 amide bonds. The number of halogens is 1. The van der Waals surface area contributed by atoms with E-state index in [0.717, 1.165) is 10.8 Å². The van der Waals surface area contributed by atoms with Crippen molar-refractivity contribution in [3.63, 3.8) is 0 Å². The Morgan fingerprint density at radius 1 is 1.00 bits per heavy atom. The van der Waals surface area contributed by atoms with Crippen molar-refractivity contribution in [1.29, 1.82) is 0 Å². The number of furan rings is 1. The standard InChI is InChI=1S/C13H9ClO3S/c1-18(15,16)9-3-5-13-11(7-9)10-6-8(14)2-4-12(10)17-13/h2-7H,1H3. The van der Waals surface area contributed by atoms with E-state index in [0.29, 0.717) is 16.2 Å². The molecule has 0 N–H and O–H groups in total. The van der Waals surface area contributed by atoms with Crippen molar-refractivity contribution in [2.24, 2.45) is 0 Å². The van der Waals surface area contributed by atoms with Gasteiger partial charge >= 0.3 is 0 Å². The van der Waals surface area contributed by atoms with Crippen LogP contribution in [0.4, 0.5) is 0 Å². The Morgan fingerprint density at radius 2 is 1.61 bits per heavy atom. The van der Waals surface area contributed by atoms with Crippen LogP contribution in [0.15, 0.2) is 45.7 Å². The average molecular weight is 281 g/mol. The molecule has 1 aromatic heterocycles. The van der Waals surface area contributed by atoms with Crippen LogP contribution in [0.1, 0.15) is 0 Å². The average Bonchev–Trinajstić information content (AvgIpc) is 2.65. The van der Waals surface area contributed by atoms with Crippen LogP contribution in [0.25, 0.3) is 21.9 Å². The van der Waals surface area contributed by atoms with Gasteiger partial charge in [-0.05, 0) is 36.4 Å². The summed E-state index contributed by atoms with van der Waals surface area (Å²) in [6.45, 7) is 0. The van der Waals surface area contributed by atoms with E-state index >= 15 is 0 Å². The number of hydrogen-bond donors (Lipinski definition) is 0. The molecule has 0 aliphatic rings. The molecule has 0 aliphatic heterocycles. The fourth-order valence-electron chi connectivity index (χ4n) is 1.96. The van der Waals surface area contributed by atoms with Gasteiger partial charge in [0.2, 0.25) is 0 Å². The fourth-order valence-corrected chi connectivity index (χ4v) is 2.78. The lowest BCUT2D eigenvalue weighted by atomic mass is 10.1. The highest BCUT2D eigenvalue weighted by Crippen LogP contribution is 2.32. The van der Waals surface area contributed by atoms with Crippen LogP contribution in [-0.4, -0.2) is 14.7 Å². The lowest BCUT2D eigenvalue weighted by molar-refractivity contribution is 0.602. The van der Waals surface area contributed by atoms with Gasteiger partial charge in [0, 0.05) is 22.1 Å². The Hall–Kier alpha value is -1.52. The topological polar surface area (TPSA) is 47.3 Å². The molecule has 3 aromatic rings. The van der Waals surface area contributed by atoms with Crippen molar-refractivity contribution in [1.82, 2.24) is 0 Å². The normalized spacial score (nSPS) is 12.3. The second kappa shape index (κ2) is 3.73. The maximum Gasteiger partial charge on any atom is 0.175 e. The van der Waals surface area contributed by atoms with Crippen molar-refractivity contribution in [2.45, 2.75) is 4.90 Å². The van der Waals surface area contributed by atoms with E-state index in [1.807, 2.05) is 0 Å². The zero-order valence-electron chi connectivity index (χ0n) is 9.48. The van der Waals surface area contributed by atoms with E-state index in [-0.39, 0.29) is 4.90 Å². The van der Waals surface area contributed by atoms with Gasteiger partial charge in [-0.25, -0.2) is 8.42 Å². The summed E-state index contributed by atoms with van der Waals surface area (Å²) in [6, 6.07) is 10.1. The number of benzene rings is 2. The first-order valence-corrected chi connectivity index (χ1v) is 7.54. The van der Waals surface area contributed by atoms with Gasteiger partial charge in [0.05, 0.1) is 4.90 Å². The van der Waals surface area contributed by atoms with Gasteiger partial charge in [0.1, 0.15) is 11.2 Å². The molecule has 0 spiro atoms. The highest BCUT2D eigenvalue weighted by atomic mass is 35.5. The molecular formula is C13H9ClO3S. The number of hydrogen-bond acceptors (Lipinski definition) is 3. The fraction of sp³-hybridized carbons (Fsp3) is 0.0769. The minimum absolute atomic E-state index is 0.276. The van der Waals surface area contributed by atoms with E-state index < -0.39 is 9.84 Å². The Bertz CT molecular complexity index is 862. The van der Waals surface area contributed by atoms with Gasteiger partial charge in [-0.1, -0.05) is 11.6 Å². The van der Waals surface area contributed by atoms with E-state index in [9.17, 15) is 8.42 Å². The van der Waals surface area contributed by atoms with Crippen LogP contribution >= 0.6 is 11.6 Å². The molecule has 0 fully saturated rings. The van der Waals surface area contributed by atoms with Crippen LogP contribution < -0.4 is 0 Å². The van der Waals surface area contributed by atoms with Crippen LogP contribution in [0, 0.1) is 0 Å². The molecular weight excluding hydrogens is 272 g/mol. The molecule has 0 atom stereocenters. The van der Waals surface area contributed by atoms with E-state index in [1.165, 1.54) is 6.26 Å². The lowest BCUT2D eigenvalue weighted by Gasteiger charge is -1.97. The highest BCUT2D eigenvalue weighted by Gasteiger charge is 2.12. The number of rotatable bonds is 1. The van der Waals surface area contributed by atoms with Crippen molar-refractivity contribution < 1.29 is 12.8 Å². The first-order valence-electron chi connectivity index (χ1n) is 5.27. The summed E-state index contributed by atoms with van der Waals surface area (Å²) in [5, 5.41) is 2.17. The van der Waals surface area contributed by atoms with E-state index in [4.69, 9.17) is 16.0 Å². The quantitative estimate of drug-likeness (QED) is 0.684. The van der Waals surface area contributed by atoms with Crippen molar-refractivity contribution >= 4 is 43.4 Å². The Kier molecular flexibility index (Phi) is 2.40. The molecule has 3 rings (SSSR count). The lowest BCUT2D eigenvalue weighted by Crippen LogP contribution is -1.95. The third kappa shape index (κ3) is 1.78. The van der Waals surface area contributed by atoms with E-state index in [2.05, 4.69) is 0 Å². The Labute approximate surface area is 109 Å². The predicted octanol–water partition coefficient (Wildman–Crippen LogP) is 3.64. The molecule has 0 aliphatic carbocycles. The molecule has 0 radical (unpaired) electrons. The monoisotopic (exact) mass is 280 g/mol. The smallest absolute Gasteiger partial charge is 0.175 e. The summed E-state index contributed by atoms with van der Waals surface area (Å²) in [7, 11) is -3.23. The summed E-state index contributed by atoms with van der Waals surface area (Å²) in [5.74, 6) is 0. The maximum absolute atomic E-state index is 11.5. The van der Waals surface area contributed by atoms with Gasteiger partial charge in [0.15, 0.2) is 9.84 Å². The van der Waals surface area contributed by atoms with Gasteiger partial charge in [-0.3, -0.25) is 0 Å². The van der Waals surface area contributed by atoms with Crippen LogP contribution in [0.2, 0.25) is 5.02 Å². The largest absolute Gasteiger partial charge is 0.456 e. The van der Waals surface area contributed by atoms with Crippen molar-refractivity contribution in [3.8, 4) is 0 Å². The van der Waals surface area contributed by atoms with Crippen LogP contribution in [0.5, 0.6) is 0 Å². The highest BCUT2D eigenvalue weighted by molar-refractivity contribution is 7.90. The Morgan fingerprint density at radius 3 is 2.28 bits per heavy atom. The summed E-state index contributed by atoms with van der Waals surface area (Å²) in [4.78, 5) is 0.276. The summed E-state index contributed by atoms with van der Waals surface area (Å²) in [6.07, 6.45) is 1.18. The van der Waals surface area contributed by atoms with E-state index in [1.54, 1.807) is 36.4 Å². The SMILES string of the molecule is CS(=O)(=O)c1ccc2oc3ccc(Cl)cc3c2c1. The summed E-state index contributed by atoms with van der Waals surface area (Å²) < 4.78 is 28.7. The molecule has 2 aromatic carbocycles. The van der Waals surface area contributed by atoms with Crippen LogP contribution in [-0.2, 0) is 9.84 Å². The first-order chi connectivity index (χ1) is 8.45. The third-order valence-corrected chi connectivity index (χ3v) is 4.18. The molecule has 18 heavy (non-hydrogen) atoms. The van der Waals surface area contributed by atoms with Gasteiger partial charge in [-0.15, -0.1) is 0 Å². The molecule has 1 heterocycles. The predicted molar refractivity (Wildman–Crippen MR) is 71.8 cm³/mol. The molecule has 0 unspecified atom stereocenters. The Balaban J connectivity index is 2.45. The molecule has 0 bridgehead atoms. The van der Waals surface area contributed by atoms with Crippen LogP contribution in [0.3, 0.4) is 0 Å². The maximum atomic E-state index is 11.5. The minimum atomic E-state index is -3.23. The zero-order chi connectivity index (χ0) is 12.9. The summed E-state index contributed by atoms with van der Waals surface area (Å²) >= 11 is 5.95. The second-order valence-electron chi connectivity index (χ2n) is 4.17. The molecule has 92 valence electrons. The van der Waals surface area contributed by atoms with Gasteiger partial charge < -0.3 is 4.42 Å². The number of fused-ring (bicyclic) bond motifs is 3. The zero-order valence-corrected chi connectivity index (χ0v) is 11.0. The number of sulfone groups is 1. The minimum Gasteiger partial charge on any atom is -0.456 e. The van der Waals surface area contributed by atoms with Gasteiger partial charge in [-0.2, -0.15) is 0 Å². The molecule has 3 nitrogen and oxygen atoms in total. The third-order valence-electron chi connectivity index (χ3n) is 2.83. The first kappa shape index (κ1) is 11.6. The molecule has 5 heteroatoms. The van der Waals surface area contributed by atoms with Gasteiger partial charge in [0.25, 0.3) is 0 Å². The molecule has 0 saturated heterocycles. The molecule has 0 saturated carbocycles. The van der Waals surface area contributed by atoms with Crippen molar-refractivity contribution in [3.05, 3.63) is 41.4 Å². The second-order valence-corrected chi connectivity index (χ2v) is 6.62. The van der Waals surface area contributed by atoms with Crippen molar-refractivity contribution in [2.75, 3.05) is 6.26 Å².